The Morgan fingerprint density at radius 1 is 1.29 bits per heavy atom. The van der Waals surface area contributed by atoms with Crippen LogP contribution in [0.5, 0.6) is 0 Å². The van der Waals surface area contributed by atoms with E-state index in [0.29, 0.717) is 30.9 Å². The van der Waals surface area contributed by atoms with Gasteiger partial charge >= 0.3 is 0 Å². The first-order valence-corrected chi connectivity index (χ1v) is 9.91. The van der Waals surface area contributed by atoms with Crippen molar-refractivity contribution < 1.29 is 14.3 Å². The van der Waals surface area contributed by atoms with E-state index in [1.54, 1.807) is 18.4 Å². The molecule has 28 heavy (non-hydrogen) atoms. The number of rotatable bonds is 7. The first kappa shape index (κ1) is 22.4. The maximum atomic E-state index is 13.0. The van der Waals surface area contributed by atoms with Gasteiger partial charge in [-0.3, -0.25) is 9.59 Å². The third kappa shape index (κ3) is 5.32. The molecule has 0 spiro atoms. The second-order valence-electron chi connectivity index (χ2n) is 6.54. The van der Waals surface area contributed by atoms with Crippen LogP contribution in [0.15, 0.2) is 29.6 Å². The maximum Gasteiger partial charge on any atom is 0.254 e. The Balaban J connectivity index is 0.00000280. The number of benzene rings is 1. The van der Waals surface area contributed by atoms with Crippen molar-refractivity contribution in [1.82, 2.24) is 10.2 Å². The van der Waals surface area contributed by atoms with Gasteiger partial charge in [0.25, 0.3) is 5.91 Å². The summed E-state index contributed by atoms with van der Waals surface area (Å²) in [6.45, 7) is 4.62. The summed E-state index contributed by atoms with van der Waals surface area (Å²) in [5, 5.41) is 7.98. The fourth-order valence-corrected chi connectivity index (χ4v) is 4.06. The zero-order valence-electron chi connectivity index (χ0n) is 16.1. The van der Waals surface area contributed by atoms with Crippen LogP contribution in [0.3, 0.4) is 0 Å². The van der Waals surface area contributed by atoms with Crippen LogP contribution in [0.4, 0.5) is 5.69 Å². The van der Waals surface area contributed by atoms with Gasteiger partial charge in [-0.25, -0.2) is 0 Å². The molecule has 1 aromatic carbocycles. The van der Waals surface area contributed by atoms with E-state index in [4.69, 9.17) is 4.74 Å². The minimum absolute atomic E-state index is 0. The van der Waals surface area contributed by atoms with Crippen LogP contribution in [0.2, 0.25) is 0 Å². The number of halogens is 1. The number of hydrogen-bond acceptors (Lipinski definition) is 5. The van der Waals surface area contributed by atoms with Crippen molar-refractivity contribution in [1.29, 1.82) is 0 Å². The number of nitrogens with one attached hydrogen (secondary N) is 2. The predicted molar refractivity (Wildman–Crippen MR) is 115 cm³/mol. The predicted octanol–water partition coefficient (Wildman–Crippen LogP) is 2.85. The summed E-state index contributed by atoms with van der Waals surface area (Å²) in [7, 11) is 1.62. The molecule has 3 rings (SSSR count). The molecule has 1 aliphatic rings. The van der Waals surface area contributed by atoms with Gasteiger partial charge in [0.1, 0.15) is 0 Å². The molecule has 2 N–H and O–H groups in total. The molecule has 0 bridgehead atoms. The number of hydrogen-bond donors (Lipinski definition) is 2. The summed E-state index contributed by atoms with van der Waals surface area (Å²) in [4.78, 5) is 28.4. The van der Waals surface area contributed by atoms with Crippen molar-refractivity contribution in [3.8, 4) is 0 Å². The molecule has 152 valence electrons. The summed E-state index contributed by atoms with van der Waals surface area (Å²) in [5.74, 6) is -0.127. The fourth-order valence-electron chi connectivity index (χ4n) is 3.17. The lowest BCUT2D eigenvalue weighted by molar-refractivity contribution is -0.115. The van der Waals surface area contributed by atoms with Crippen LogP contribution in [-0.4, -0.2) is 50.1 Å². The zero-order chi connectivity index (χ0) is 19.2. The van der Waals surface area contributed by atoms with E-state index >= 15 is 0 Å². The molecule has 0 aliphatic carbocycles. The van der Waals surface area contributed by atoms with Gasteiger partial charge in [0, 0.05) is 42.9 Å². The Kier molecular flexibility index (Phi) is 8.44. The summed E-state index contributed by atoms with van der Waals surface area (Å²) in [5.41, 5.74) is 3.35. The van der Waals surface area contributed by atoms with Gasteiger partial charge in [0.2, 0.25) is 5.91 Å². The van der Waals surface area contributed by atoms with E-state index in [2.05, 4.69) is 22.1 Å². The number of anilines is 1. The van der Waals surface area contributed by atoms with Crippen molar-refractivity contribution in [2.45, 2.75) is 19.9 Å². The molecule has 1 aromatic heterocycles. The lowest BCUT2D eigenvalue weighted by Gasteiger charge is -2.28. The minimum Gasteiger partial charge on any atom is -0.383 e. The van der Waals surface area contributed by atoms with E-state index in [0.717, 1.165) is 18.5 Å². The highest BCUT2D eigenvalue weighted by molar-refractivity contribution is 7.10. The SMILES string of the molecule is COCCNCC(=O)Nc1cccc(C(=O)N2CCc3sccc3C2)c1C.Cl. The second kappa shape index (κ2) is 10.6. The molecule has 6 nitrogen and oxygen atoms in total. The minimum atomic E-state index is -0.139. The largest absolute Gasteiger partial charge is 0.383 e. The van der Waals surface area contributed by atoms with Gasteiger partial charge < -0.3 is 20.3 Å². The Morgan fingerprint density at radius 3 is 2.89 bits per heavy atom. The number of carbonyl (C=O) groups excluding carboxylic acids is 2. The van der Waals surface area contributed by atoms with Gasteiger partial charge in [-0.2, -0.15) is 0 Å². The highest BCUT2D eigenvalue weighted by Gasteiger charge is 2.24. The molecule has 0 unspecified atom stereocenters. The lowest BCUT2D eigenvalue weighted by Crippen LogP contribution is -2.36. The average Bonchev–Trinajstić information content (AvgIpc) is 3.14. The lowest BCUT2D eigenvalue weighted by atomic mass is 10.0. The van der Waals surface area contributed by atoms with Crippen molar-refractivity contribution in [3.63, 3.8) is 0 Å². The van der Waals surface area contributed by atoms with Gasteiger partial charge in [0.15, 0.2) is 0 Å². The molecule has 0 fully saturated rings. The van der Waals surface area contributed by atoms with Crippen molar-refractivity contribution in [2.75, 3.05) is 38.7 Å². The van der Waals surface area contributed by atoms with Gasteiger partial charge in [-0.05, 0) is 48.1 Å². The normalized spacial score (nSPS) is 12.9. The van der Waals surface area contributed by atoms with Crippen LogP contribution < -0.4 is 10.6 Å². The molecule has 2 aromatic rings. The Bertz CT molecular complexity index is 825. The van der Waals surface area contributed by atoms with Gasteiger partial charge in [-0.1, -0.05) is 6.07 Å². The topological polar surface area (TPSA) is 70.7 Å². The summed E-state index contributed by atoms with van der Waals surface area (Å²) in [6.07, 6.45) is 0.904. The maximum absolute atomic E-state index is 13.0. The molecule has 2 amide bonds. The van der Waals surface area contributed by atoms with E-state index < -0.39 is 0 Å². The number of ether oxygens (including phenoxy) is 1. The molecule has 2 heterocycles. The third-order valence-corrected chi connectivity index (χ3v) is 5.72. The standard InChI is InChI=1S/C20H25N3O3S.ClH/c1-14-16(20(25)23-9-6-18-15(13-23)7-11-27-18)4-3-5-17(14)22-19(24)12-21-8-10-26-2;/h3-5,7,11,21H,6,8-10,12-13H2,1-2H3,(H,22,24);1H. The molecular weight excluding hydrogens is 398 g/mol. The molecule has 0 radical (unpaired) electrons. The zero-order valence-corrected chi connectivity index (χ0v) is 17.8. The third-order valence-electron chi connectivity index (χ3n) is 4.70. The van der Waals surface area contributed by atoms with Crippen molar-refractivity contribution in [2.24, 2.45) is 0 Å². The Morgan fingerprint density at radius 2 is 2.11 bits per heavy atom. The summed E-state index contributed by atoms with van der Waals surface area (Å²) < 4.78 is 4.94. The van der Waals surface area contributed by atoms with E-state index in [-0.39, 0.29) is 30.8 Å². The number of nitrogens with zero attached hydrogens (tertiary/aromatic N) is 1. The smallest absolute Gasteiger partial charge is 0.254 e. The Hall–Kier alpha value is -1.93. The molecule has 8 heteroatoms. The molecular formula is C20H26ClN3O3S. The van der Waals surface area contributed by atoms with Crippen LogP contribution in [0.1, 0.15) is 26.4 Å². The van der Waals surface area contributed by atoms with Crippen LogP contribution in [0, 0.1) is 6.92 Å². The fraction of sp³-hybridized carbons (Fsp3) is 0.400. The molecule has 0 saturated heterocycles. The summed E-state index contributed by atoms with van der Waals surface area (Å²) in [6, 6.07) is 7.56. The first-order chi connectivity index (χ1) is 13.1. The van der Waals surface area contributed by atoms with Crippen LogP contribution >= 0.6 is 23.7 Å². The van der Waals surface area contributed by atoms with Crippen LogP contribution in [-0.2, 0) is 22.5 Å². The average molecular weight is 424 g/mol. The molecule has 0 atom stereocenters. The monoisotopic (exact) mass is 423 g/mol. The number of fused-ring (bicyclic) bond motifs is 1. The van der Waals surface area contributed by atoms with E-state index in [1.807, 2.05) is 30.0 Å². The first-order valence-electron chi connectivity index (χ1n) is 9.03. The highest BCUT2D eigenvalue weighted by Crippen LogP contribution is 2.27. The highest BCUT2D eigenvalue weighted by atomic mass is 35.5. The second-order valence-corrected chi connectivity index (χ2v) is 7.54. The van der Waals surface area contributed by atoms with Crippen molar-refractivity contribution in [3.05, 3.63) is 51.2 Å². The van der Waals surface area contributed by atoms with E-state index in [9.17, 15) is 9.59 Å². The number of carbonyl (C=O) groups is 2. The van der Waals surface area contributed by atoms with Crippen molar-refractivity contribution >= 4 is 41.2 Å². The number of thiophene rings is 1. The molecule has 0 saturated carbocycles. The number of methoxy groups -OCH3 is 1. The summed E-state index contributed by atoms with van der Waals surface area (Å²) >= 11 is 1.76. The van der Waals surface area contributed by atoms with Crippen LogP contribution in [0.25, 0.3) is 0 Å². The van der Waals surface area contributed by atoms with Gasteiger partial charge in [-0.15, -0.1) is 23.7 Å². The van der Waals surface area contributed by atoms with E-state index in [1.165, 1.54) is 10.4 Å². The molecule has 1 aliphatic heterocycles. The van der Waals surface area contributed by atoms with Gasteiger partial charge in [0.05, 0.1) is 13.2 Å². The number of amides is 2. The Labute approximate surface area is 175 Å². The quantitative estimate of drug-likeness (QED) is 0.672.